The Kier molecular flexibility index (Phi) is 5.63. The molecule has 3 amide bonds. The highest BCUT2D eigenvalue weighted by Crippen LogP contribution is 2.24. The zero-order chi connectivity index (χ0) is 22.7. The molecule has 2 N–H and O–H groups in total. The monoisotopic (exact) mass is 430 g/mol. The Morgan fingerprint density at radius 3 is 2.53 bits per heavy atom. The van der Waals surface area contributed by atoms with Gasteiger partial charge in [0, 0.05) is 29.3 Å². The molecule has 1 heterocycles. The lowest BCUT2D eigenvalue weighted by atomic mass is 10.1. The number of nitro groups is 1. The van der Waals surface area contributed by atoms with Gasteiger partial charge in [0.05, 0.1) is 4.92 Å². The van der Waals surface area contributed by atoms with Crippen LogP contribution >= 0.6 is 0 Å². The highest BCUT2D eigenvalue weighted by molar-refractivity contribution is 6.04. The van der Waals surface area contributed by atoms with Crippen molar-refractivity contribution in [3.8, 4) is 11.5 Å². The molecule has 4 rings (SSSR count). The molecule has 0 saturated carbocycles. The fraction of sp³-hybridized carbons (Fsp3) is 0.0870. The number of hydrogen-bond acceptors (Lipinski definition) is 6. The minimum absolute atomic E-state index is 0.0279. The Balaban J connectivity index is 1.35. The van der Waals surface area contributed by atoms with E-state index < -0.39 is 16.9 Å². The fourth-order valence-electron chi connectivity index (χ4n) is 3.11. The molecule has 4 aromatic rings. The van der Waals surface area contributed by atoms with Gasteiger partial charge >= 0.3 is 6.03 Å². The van der Waals surface area contributed by atoms with Crippen molar-refractivity contribution >= 4 is 28.7 Å². The number of carbonyl (C=O) groups is 2. The van der Waals surface area contributed by atoms with Crippen LogP contribution in [0.5, 0.6) is 0 Å². The Hall–Kier alpha value is -4.53. The van der Waals surface area contributed by atoms with Gasteiger partial charge in [-0.1, -0.05) is 30.3 Å². The van der Waals surface area contributed by atoms with Gasteiger partial charge in [-0.2, -0.15) is 0 Å². The van der Waals surface area contributed by atoms with Crippen LogP contribution in [-0.4, -0.2) is 21.8 Å². The Morgan fingerprint density at radius 1 is 1.06 bits per heavy atom. The van der Waals surface area contributed by atoms with Gasteiger partial charge in [-0.25, -0.2) is 9.78 Å². The Morgan fingerprint density at radius 2 is 1.81 bits per heavy atom. The van der Waals surface area contributed by atoms with Crippen LogP contribution < -0.4 is 10.6 Å². The van der Waals surface area contributed by atoms with Crippen LogP contribution in [0.2, 0.25) is 0 Å². The summed E-state index contributed by atoms with van der Waals surface area (Å²) in [5.74, 6) is -0.224. The SMILES string of the molecule is Cc1ccc(C(=O)NC(=O)NCc2ccc(-c3nc4ccccc4o3)cc2)cc1[N+](=O)[O-]. The highest BCUT2D eigenvalue weighted by atomic mass is 16.6. The van der Waals surface area contributed by atoms with E-state index >= 15 is 0 Å². The van der Waals surface area contributed by atoms with Gasteiger partial charge in [0.1, 0.15) is 5.52 Å². The molecule has 0 unspecified atom stereocenters. The standard InChI is InChI=1S/C23H18N4O5/c1-14-6-9-17(12-19(14)27(30)31)21(28)26-23(29)24-13-15-7-10-16(11-8-15)22-25-18-4-2-3-5-20(18)32-22/h2-12H,13H2,1H3,(H2,24,26,28,29). The molecule has 0 radical (unpaired) electrons. The lowest BCUT2D eigenvalue weighted by molar-refractivity contribution is -0.385. The van der Waals surface area contributed by atoms with E-state index in [1.165, 1.54) is 12.1 Å². The molecule has 0 fully saturated rings. The maximum absolute atomic E-state index is 12.2. The molecular formula is C23H18N4O5. The van der Waals surface area contributed by atoms with Crippen molar-refractivity contribution in [1.82, 2.24) is 15.6 Å². The molecule has 1 aromatic heterocycles. The molecule has 0 atom stereocenters. The molecule has 32 heavy (non-hydrogen) atoms. The van der Waals surface area contributed by atoms with Gasteiger partial charge in [0.2, 0.25) is 5.89 Å². The van der Waals surface area contributed by atoms with Crippen molar-refractivity contribution in [3.05, 3.63) is 93.5 Å². The van der Waals surface area contributed by atoms with E-state index in [0.29, 0.717) is 17.0 Å². The van der Waals surface area contributed by atoms with Crippen LogP contribution in [-0.2, 0) is 6.54 Å². The number of nitrogens with one attached hydrogen (secondary N) is 2. The van der Waals surface area contributed by atoms with Gasteiger partial charge in [0.25, 0.3) is 11.6 Å². The number of rotatable bonds is 5. The van der Waals surface area contributed by atoms with Gasteiger partial charge in [-0.3, -0.25) is 20.2 Å². The van der Waals surface area contributed by atoms with Gasteiger partial charge in [-0.05, 0) is 42.8 Å². The average Bonchev–Trinajstić information content (AvgIpc) is 3.22. The summed E-state index contributed by atoms with van der Waals surface area (Å²) < 4.78 is 5.74. The van der Waals surface area contributed by atoms with Gasteiger partial charge in [-0.15, -0.1) is 0 Å². The van der Waals surface area contributed by atoms with Gasteiger partial charge in [0.15, 0.2) is 5.58 Å². The Labute approximate surface area is 182 Å². The van der Waals surface area contributed by atoms with Crippen LogP contribution in [0.4, 0.5) is 10.5 Å². The molecule has 0 aliphatic carbocycles. The number of nitrogens with zero attached hydrogens (tertiary/aromatic N) is 2. The second-order valence-corrected chi connectivity index (χ2v) is 7.08. The summed E-state index contributed by atoms with van der Waals surface area (Å²) in [5.41, 5.74) is 3.35. The third kappa shape index (κ3) is 4.46. The normalized spacial score (nSPS) is 10.7. The summed E-state index contributed by atoms with van der Waals surface area (Å²) in [7, 11) is 0. The largest absolute Gasteiger partial charge is 0.436 e. The lowest BCUT2D eigenvalue weighted by Crippen LogP contribution is -2.39. The predicted molar refractivity (Wildman–Crippen MR) is 117 cm³/mol. The van der Waals surface area contributed by atoms with Gasteiger partial charge < -0.3 is 9.73 Å². The second-order valence-electron chi connectivity index (χ2n) is 7.08. The maximum Gasteiger partial charge on any atom is 0.321 e. The van der Waals surface area contributed by atoms with E-state index in [4.69, 9.17) is 4.42 Å². The summed E-state index contributed by atoms with van der Waals surface area (Å²) in [6.45, 7) is 1.75. The number of amides is 3. The number of nitro benzene ring substituents is 1. The first-order valence-electron chi connectivity index (χ1n) is 9.70. The molecule has 0 aliphatic heterocycles. The first-order chi connectivity index (χ1) is 15.4. The van der Waals surface area contributed by atoms with Crippen LogP contribution in [0, 0.1) is 17.0 Å². The fourth-order valence-corrected chi connectivity index (χ4v) is 3.11. The lowest BCUT2D eigenvalue weighted by Gasteiger charge is -2.08. The molecular weight excluding hydrogens is 412 g/mol. The highest BCUT2D eigenvalue weighted by Gasteiger charge is 2.16. The molecule has 0 spiro atoms. The number of aryl methyl sites for hydroxylation is 1. The quantitative estimate of drug-likeness (QED) is 0.358. The summed E-state index contributed by atoms with van der Waals surface area (Å²) in [6.07, 6.45) is 0. The summed E-state index contributed by atoms with van der Waals surface area (Å²) in [6, 6.07) is 18.1. The van der Waals surface area contributed by atoms with Crippen molar-refractivity contribution in [2.75, 3.05) is 0 Å². The first-order valence-corrected chi connectivity index (χ1v) is 9.70. The van der Waals surface area contributed by atoms with Crippen LogP contribution in [0.15, 0.2) is 71.1 Å². The minimum atomic E-state index is -0.725. The topological polar surface area (TPSA) is 127 Å². The third-order valence-electron chi connectivity index (χ3n) is 4.84. The number of oxazole rings is 1. The minimum Gasteiger partial charge on any atom is -0.436 e. The van der Waals surface area contributed by atoms with Crippen LogP contribution in [0.25, 0.3) is 22.6 Å². The number of para-hydroxylation sites is 2. The van der Waals surface area contributed by atoms with E-state index in [-0.39, 0.29) is 17.8 Å². The smallest absolute Gasteiger partial charge is 0.321 e. The average molecular weight is 430 g/mol. The van der Waals surface area contributed by atoms with Crippen molar-refractivity contribution in [3.63, 3.8) is 0 Å². The van der Waals surface area contributed by atoms with E-state index in [1.54, 1.807) is 6.92 Å². The number of fused-ring (bicyclic) bond motifs is 1. The summed E-state index contributed by atoms with van der Waals surface area (Å²) in [4.78, 5) is 39.2. The number of urea groups is 1. The van der Waals surface area contributed by atoms with Crippen molar-refractivity contribution < 1.29 is 18.9 Å². The number of aromatic nitrogens is 1. The number of carbonyl (C=O) groups excluding carboxylic acids is 2. The van der Waals surface area contributed by atoms with Crippen LogP contribution in [0.1, 0.15) is 21.5 Å². The van der Waals surface area contributed by atoms with E-state index in [9.17, 15) is 19.7 Å². The molecule has 0 aliphatic rings. The first kappa shape index (κ1) is 20.7. The molecule has 3 aromatic carbocycles. The molecule has 9 heteroatoms. The predicted octanol–water partition coefficient (Wildman–Crippen LogP) is 4.35. The maximum atomic E-state index is 12.2. The van der Waals surface area contributed by atoms with Crippen molar-refractivity contribution in [2.45, 2.75) is 13.5 Å². The van der Waals surface area contributed by atoms with Crippen molar-refractivity contribution in [1.29, 1.82) is 0 Å². The summed E-state index contributed by atoms with van der Waals surface area (Å²) >= 11 is 0. The van der Waals surface area contributed by atoms with E-state index in [2.05, 4.69) is 15.6 Å². The molecule has 0 saturated heterocycles. The molecule has 160 valence electrons. The third-order valence-corrected chi connectivity index (χ3v) is 4.84. The number of imide groups is 1. The van der Waals surface area contributed by atoms with Crippen LogP contribution in [0.3, 0.4) is 0 Å². The Bertz CT molecular complexity index is 1290. The number of benzene rings is 3. The zero-order valence-corrected chi connectivity index (χ0v) is 17.0. The second kappa shape index (κ2) is 8.68. The van der Waals surface area contributed by atoms with E-state index in [0.717, 1.165) is 22.7 Å². The summed E-state index contributed by atoms with van der Waals surface area (Å²) in [5, 5.41) is 15.8. The molecule has 0 bridgehead atoms. The van der Waals surface area contributed by atoms with E-state index in [1.807, 2.05) is 48.5 Å². The molecule has 9 nitrogen and oxygen atoms in total. The number of hydrogen-bond donors (Lipinski definition) is 2. The van der Waals surface area contributed by atoms with Crippen molar-refractivity contribution in [2.24, 2.45) is 0 Å². The zero-order valence-electron chi connectivity index (χ0n) is 17.0.